The number of hydrogen-bond acceptors (Lipinski definition) is 5. The van der Waals surface area contributed by atoms with E-state index in [1.54, 1.807) is 17.4 Å². The summed E-state index contributed by atoms with van der Waals surface area (Å²) in [5.74, 6) is 0.947. The maximum Gasteiger partial charge on any atom is 0.213 e. The van der Waals surface area contributed by atoms with Crippen molar-refractivity contribution in [1.82, 2.24) is 19.2 Å². The lowest BCUT2D eigenvalue weighted by molar-refractivity contribution is 0.180. The van der Waals surface area contributed by atoms with Crippen LogP contribution >= 0.6 is 0 Å². The van der Waals surface area contributed by atoms with E-state index in [1.807, 2.05) is 13.0 Å². The predicted molar refractivity (Wildman–Crippen MR) is 73.1 cm³/mol. The Hall–Kier alpha value is -1.05. The van der Waals surface area contributed by atoms with Crippen LogP contribution in [-0.2, 0) is 16.6 Å². The number of piperazine rings is 1. The summed E-state index contributed by atoms with van der Waals surface area (Å²) in [5.41, 5.74) is 0.985. The van der Waals surface area contributed by atoms with Crippen molar-refractivity contribution < 1.29 is 8.42 Å². The van der Waals surface area contributed by atoms with Gasteiger partial charge in [-0.1, -0.05) is 0 Å². The molecule has 0 aromatic carbocycles. The predicted octanol–water partition coefficient (Wildman–Crippen LogP) is 0.252. The van der Waals surface area contributed by atoms with Crippen molar-refractivity contribution in [2.24, 2.45) is 0 Å². The maximum absolute atomic E-state index is 11.8. The van der Waals surface area contributed by atoms with Crippen LogP contribution in [0.25, 0.3) is 0 Å². The molecule has 0 spiro atoms. The molecule has 1 aliphatic heterocycles. The summed E-state index contributed by atoms with van der Waals surface area (Å²) in [7, 11) is -3.04. The summed E-state index contributed by atoms with van der Waals surface area (Å²) < 4.78 is 25.1. The highest BCUT2D eigenvalue weighted by atomic mass is 32.2. The number of sulfonamides is 1. The van der Waals surface area contributed by atoms with Crippen molar-refractivity contribution in [3.63, 3.8) is 0 Å². The van der Waals surface area contributed by atoms with E-state index in [0.29, 0.717) is 13.1 Å². The molecule has 1 saturated heterocycles. The molecule has 0 aliphatic carbocycles. The Morgan fingerprint density at radius 2 is 1.95 bits per heavy atom. The molecule has 1 aromatic heterocycles. The summed E-state index contributed by atoms with van der Waals surface area (Å²) in [5, 5.41) is 0. The van der Waals surface area contributed by atoms with Gasteiger partial charge in [-0.2, -0.15) is 4.31 Å². The lowest BCUT2D eigenvalue weighted by Gasteiger charge is -2.33. The Morgan fingerprint density at radius 3 is 2.53 bits per heavy atom. The molecule has 2 heterocycles. The molecule has 1 aromatic rings. The molecule has 106 valence electrons. The number of hydrogen-bond donors (Lipinski definition) is 0. The van der Waals surface area contributed by atoms with E-state index in [0.717, 1.165) is 31.2 Å². The molecule has 0 radical (unpaired) electrons. The van der Waals surface area contributed by atoms with Crippen molar-refractivity contribution in [1.29, 1.82) is 0 Å². The van der Waals surface area contributed by atoms with Crippen LogP contribution in [0.1, 0.15) is 18.4 Å². The summed E-state index contributed by atoms with van der Waals surface area (Å²) >= 11 is 0. The zero-order valence-corrected chi connectivity index (χ0v) is 12.2. The van der Waals surface area contributed by atoms with E-state index < -0.39 is 10.0 Å². The van der Waals surface area contributed by atoms with Gasteiger partial charge in [0.1, 0.15) is 5.82 Å². The van der Waals surface area contributed by atoms with Crippen molar-refractivity contribution >= 4 is 10.0 Å². The van der Waals surface area contributed by atoms with Gasteiger partial charge in [0.25, 0.3) is 0 Å². The van der Waals surface area contributed by atoms with Crippen LogP contribution < -0.4 is 0 Å². The Bertz CT molecular complexity index is 524. The number of aromatic nitrogens is 2. The minimum atomic E-state index is -3.04. The molecule has 0 bridgehead atoms. The molecule has 0 atom stereocenters. The minimum Gasteiger partial charge on any atom is -0.295 e. The van der Waals surface area contributed by atoms with Crippen LogP contribution in [-0.4, -0.2) is 59.5 Å². The van der Waals surface area contributed by atoms with E-state index in [-0.39, 0.29) is 5.75 Å². The second kappa shape index (κ2) is 5.94. The third kappa shape index (κ3) is 3.71. The fourth-order valence-electron chi connectivity index (χ4n) is 2.17. The highest BCUT2D eigenvalue weighted by molar-refractivity contribution is 7.89. The molecule has 6 nitrogen and oxygen atoms in total. The van der Waals surface area contributed by atoms with Gasteiger partial charge in [-0.25, -0.2) is 18.4 Å². The van der Waals surface area contributed by atoms with Crippen LogP contribution in [0.5, 0.6) is 0 Å². The van der Waals surface area contributed by atoms with Gasteiger partial charge in [0.15, 0.2) is 0 Å². The van der Waals surface area contributed by atoms with E-state index in [9.17, 15) is 8.42 Å². The third-order valence-corrected chi connectivity index (χ3v) is 5.19. The zero-order valence-electron chi connectivity index (χ0n) is 11.4. The number of aryl methyl sites for hydroxylation is 1. The molecule has 1 fully saturated rings. The number of nitrogens with zero attached hydrogens (tertiary/aromatic N) is 4. The average Bonchev–Trinajstić information content (AvgIpc) is 2.39. The molecule has 0 saturated carbocycles. The number of rotatable bonds is 4. The largest absolute Gasteiger partial charge is 0.295 e. The first kappa shape index (κ1) is 14.4. The summed E-state index contributed by atoms with van der Waals surface area (Å²) in [6, 6.07) is 1.90. The Labute approximate surface area is 114 Å². The molecule has 19 heavy (non-hydrogen) atoms. The van der Waals surface area contributed by atoms with Crippen molar-refractivity contribution in [3.8, 4) is 0 Å². The molecule has 0 amide bonds. The van der Waals surface area contributed by atoms with E-state index in [4.69, 9.17) is 0 Å². The third-order valence-electron chi connectivity index (χ3n) is 3.31. The fourth-order valence-corrected chi connectivity index (χ4v) is 3.26. The quantitative estimate of drug-likeness (QED) is 0.793. The topological polar surface area (TPSA) is 66.4 Å². The molecule has 2 rings (SSSR count). The summed E-state index contributed by atoms with van der Waals surface area (Å²) in [6.07, 6.45) is 1.76. The Kier molecular flexibility index (Phi) is 4.49. The van der Waals surface area contributed by atoms with Gasteiger partial charge < -0.3 is 0 Å². The standard InChI is InChI=1S/C12H20N4O2S/c1-3-19(17,18)16-8-6-15(7-9-16)10-12-4-5-13-11(2)14-12/h4-5H,3,6-10H2,1-2H3. The maximum atomic E-state index is 11.8. The summed E-state index contributed by atoms with van der Waals surface area (Å²) in [6.45, 7) is 6.95. The average molecular weight is 284 g/mol. The lowest BCUT2D eigenvalue weighted by Crippen LogP contribution is -2.48. The molecule has 0 unspecified atom stereocenters. The van der Waals surface area contributed by atoms with Crippen LogP contribution in [0.3, 0.4) is 0 Å². The van der Waals surface area contributed by atoms with Gasteiger partial charge in [0, 0.05) is 38.9 Å². The second-order valence-corrected chi connectivity index (χ2v) is 6.93. The molecule has 0 N–H and O–H groups in total. The highest BCUT2D eigenvalue weighted by Crippen LogP contribution is 2.10. The van der Waals surface area contributed by atoms with E-state index in [2.05, 4.69) is 14.9 Å². The first-order valence-electron chi connectivity index (χ1n) is 6.50. The van der Waals surface area contributed by atoms with Gasteiger partial charge in [0.05, 0.1) is 11.4 Å². The SMILES string of the molecule is CCS(=O)(=O)N1CCN(Cc2ccnc(C)n2)CC1. The van der Waals surface area contributed by atoms with E-state index in [1.165, 1.54) is 0 Å². The Morgan fingerprint density at radius 1 is 1.26 bits per heavy atom. The molecule has 7 heteroatoms. The van der Waals surface area contributed by atoms with Gasteiger partial charge >= 0.3 is 0 Å². The van der Waals surface area contributed by atoms with Crippen molar-refractivity contribution in [3.05, 3.63) is 23.8 Å². The zero-order chi connectivity index (χ0) is 13.9. The highest BCUT2D eigenvalue weighted by Gasteiger charge is 2.25. The van der Waals surface area contributed by atoms with Crippen molar-refractivity contribution in [2.75, 3.05) is 31.9 Å². The molecular formula is C12H20N4O2S. The smallest absolute Gasteiger partial charge is 0.213 e. The monoisotopic (exact) mass is 284 g/mol. The lowest BCUT2D eigenvalue weighted by atomic mass is 10.3. The van der Waals surface area contributed by atoms with Gasteiger partial charge in [-0.05, 0) is 19.9 Å². The fraction of sp³-hybridized carbons (Fsp3) is 0.667. The van der Waals surface area contributed by atoms with Crippen LogP contribution in [0.2, 0.25) is 0 Å². The van der Waals surface area contributed by atoms with E-state index >= 15 is 0 Å². The second-order valence-electron chi connectivity index (χ2n) is 4.67. The minimum absolute atomic E-state index is 0.179. The van der Waals surface area contributed by atoms with Crippen LogP contribution in [0.15, 0.2) is 12.3 Å². The van der Waals surface area contributed by atoms with Gasteiger partial charge in [-0.15, -0.1) is 0 Å². The Balaban J connectivity index is 1.91. The van der Waals surface area contributed by atoms with Gasteiger partial charge in [-0.3, -0.25) is 4.90 Å². The van der Waals surface area contributed by atoms with Crippen LogP contribution in [0.4, 0.5) is 0 Å². The van der Waals surface area contributed by atoms with Crippen molar-refractivity contribution in [2.45, 2.75) is 20.4 Å². The summed E-state index contributed by atoms with van der Waals surface area (Å²) in [4.78, 5) is 10.7. The van der Waals surface area contributed by atoms with Gasteiger partial charge in [0.2, 0.25) is 10.0 Å². The normalized spacial score (nSPS) is 18.6. The van der Waals surface area contributed by atoms with Crippen LogP contribution in [0, 0.1) is 6.92 Å². The molecular weight excluding hydrogens is 264 g/mol. The molecule has 1 aliphatic rings. The first-order valence-corrected chi connectivity index (χ1v) is 8.11. The first-order chi connectivity index (χ1) is 9.01.